The molecule has 7 heteroatoms. The molecule has 1 atom stereocenters. The third kappa shape index (κ3) is 4.55. The molecule has 144 valence electrons. The number of hydrogen-bond acceptors (Lipinski definition) is 4. The third-order valence-corrected chi connectivity index (χ3v) is 6.81. The summed E-state index contributed by atoms with van der Waals surface area (Å²) in [7, 11) is -3.49. The molecule has 27 heavy (non-hydrogen) atoms. The van der Waals surface area contributed by atoms with E-state index >= 15 is 0 Å². The molecule has 0 spiro atoms. The van der Waals surface area contributed by atoms with Gasteiger partial charge in [0.25, 0.3) is 0 Å². The fraction of sp³-hybridized carbons (Fsp3) is 0.350. The predicted molar refractivity (Wildman–Crippen MR) is 106 cm³/mol. The van der Waals surface area contributed by atoms with Gasteiger partial charge in [-0.1, -0.05) is 35.9 Å². The van der Waals surface area contributed by atoms with Crippen LogP contribution in [0.5, 0.6) is 0 Å². The molecule has 0 radical (unpaired) electrons. The van der Waals surface area contributed by atoms with Crippen LogP contribution in [0.3, 0.4) is 0 Å². The molecule has 1 aliphatic rings. The number of aryl methyl sites for hydroxylation is 1. The number of sulfonamides is 1. The Hall–Kier alpha value is -2.22. The molecule has 1 heterocycles. The molecule has 1 amide bonds. The van der Waals surface area contributed by atoms with Crippen LogP contribution in [0.2, 0.25) is 0 Å². The summed E-state index contributed by atoms with van der Waals surface area (Å²) in [5, 5.41) is 2.90. The summed E-state index contributed by atoms with van der Waals surface area (Å²) in [6.07, 6.45) is 0. The molecule has 1 saturated heterocycles. The van der Waals surface area contributed by atoms with E-state index in [1.165, 1.54) is 4.31 Å². The Labute approximate surface area is 160 Å². The Kier molecular flexibility index (Phi) is 5.94. The second-order valence-electron chi connectivity index (χ2n) is 6.78. The Morgan fingerprint density at radius 1 is 0.963 bits per heavy atom. The fourth-order valence-electron chi connectivity index (χ4n) is 3.12. The number of hydrogen-bond donors (Lipinski definition) is 1. The van der Waals surface area contributed by atoms with E-state index in [2.05, 4.69) is 5.32 Å². The summed E-state index contributed by atoms with van der Waals surface area (Å²) in [6, 6.07) is 15.9. The van der Waals surface area contributed by atoms with Crippen LogP contribution in [-0.4, -0.2) is 55.8 Å². The van der Waals surface area contributed by atoms with Gasteiger partial charge in [-0.05, 0) is 38.1 Å². The molecular weight excluding hydrogens is 362 g/mol. The zero-order chi connectivity index (χ0) is 19.4. The monoisotopic (exact) mass is 387 g/mol. The standard InChI is InChI=1S/C20H25N3O3S/c1-16-8-10-19(11-9-16)27(25,26)23-14-12-22(13-15-23)17(2)20(24)21-18-6-4-3-5-7-18/h3-11,17H,12-15H2,1-2H3,(H,21,24). The lowest BCUT2D eigenvalue weighted by atomic mass is 10.2. The quantitative estimate of drug-likeness (QED) is 0.855. The maximum Gasteiger partial charge on any atom is 0.243 e. The van der Waals surface area contributed by atoms with Crippen LogP contribution < -0.4 is 5.32 Å². The average Bonchev–Trinajstić information content (AvgIpc) is 2.68. The topological polar surface area (TPSA) is 69.7 Å². The van der Waals surface area contributed by atoms with E-state index in [4.69, 9.17) is 0 Å². The summed E-state index contributed by atoms with van der Waals surface area (Å²) in [5.41, 5.74) is 1.78. The normalized spacial score (nSPS) is 17.4. The summed E-state index contributed by atoms with van der Waals surface area (Å²) >= 11 is 0. The van der Waals surface area contributed by atoms with Gasteiger partial charge < -0.3 is 5.32 Å². The lowest BCUT2D eigenvalue weighted by Gasteiger charge is -2.36. The first-order chi connectivity index (χ1) is 12.9. The minimum absolute atomic E-state index is 0.0870. The molecule has 1 aliphatic heterocycles. The second kappa shape index (κ2) is 8.21. The number of rotatable bonds is 5. The molecular formula is C20H25N3O3S. The molecule has 6 nitrogen and oxygen atoms in total. The highest BCUT2D eigenvalue weighted by Gasteiger charge is 2.31. The number of piperazine rings is 1. The highest BCUT2D eigenvalue weighted by Crippen LogP contribution is 2.19. The molecule has 0 aliphatic carbocycles. The van der Waals surface area contributed by atoms with Gasteiger partial charge in [-0.15, -0.1) is 0 Å². The maximum absolute atomic E-state index is 12.8. The Morgan fingerprint density at radius 3 is 2.15 bits per heavy atom. The minimum Gasteiger partial charge on any atom is -0.325 e. The summed E-state index contributed by atoms with van der Waals surface area (Å²) in [4.78, 5) is 14.8. The van der Waals surface area contributed by atoms with E-state index < -0.39 is 10.0 Å². The van der Waals surface area contributed by atoms with Crippen molar-refractivity contribution in [2.24, 2.45) is 0 Å². The largest absolute Gasteiger partial charge is 0.325 e. The number of nitrogens with zero attached hydrogens (tertiary/aromatic N) is 2. The van der Waals surface area contributed by atoms with E-state index in [0.717, 1.165) is 11.3 Å². The van der Waals surface area contributed by atoms with Crippen LogP contribution in [-0.2, 0) is 14.8 Å². The van der Waals surface area contributed by atoms with Crippen LogP contribution in [0.25, 0.3) is 0 Å². The number of carbonyl (C=O) groups excluding carboxylic acids is 1. The predicted octanol–water partition coefficient (Wildman–Crippen LogP) is 2.33. The molecule has 1 N–H and O–H groups in total. The van der Waals surface area contributed by atoms with Crippen molar-refractivity contribution in [3.63, 3.8) is 0 Å². The molecule has 1 unspecified atom stereocenters. The van der Waals surface area contributed by atoms with Crippen molar-refractivity contribution < 1.29 is 13.2 Å². The summed E-state index contributed by atoms with van der Waals surface area (Å²) in [6.45, 7) is 5.57. The minimum atomic E-state index is -3.49. The van der Waals surface area contributed by atoms with Crippen molar-refractivity contribution in [3.8, 4) is 0 Å². The maximum atomic E-state index is 12.8. The van der Waals surface area contributed by atoms with Crippen LogP contribution in [0.4, 0.5) is 5.69 Å². The van der Waals surface area contributed by atoms with Gasteiger partial charge in [0.1, 0.15) is 0 Å². The van der Waals surface area contributed by atoms with Crippen LogP contribution in [0.15, 0.2) is 59.5 Å². The van der Waals surface area contributed by atoms with Crippen molar-refractivity contribution in [3.05, 3.63) is 60.2 Å². The zero-order valence-corrected chi connectivity index (χ0v) is 16.4. The Morgan fingerprint density at radius 2 is 1.56 bits per heavy atom. The highest BCUT2D eigenvalue weighted by atomic mass is 32.2. The van der Waals surface area contributed by atoms with E-state index in [1.807, 2.05) is 49.1 Å². The number of benzene rings is 2. The lowest BCUT2D eigenvalue weighted by molar-refractivity contribution is -0.121. The number of carbonyl (C=O) groups is 1. The first-order valence-electron chi connectivity index (χ1n) is 9.05. The molecule has 0 saturated carbocycles. The van der Waals surface area contributed by atoms with Crippen LogP contribution in [0, 0.1) is 6.92 Å². The second-order valence-corrected chi connectivity index (χ2v) is 8.72. The van der Waals surface area contributed by atoms with E-state index in [0.29, 0.717) is 31.1 Å². The van der Waals surface area contributed by atoms with Crippen molar-refractivity contribution in [1.82, 2.24) is 9.21 Å². The molecule has 2 aromatic carbocycles. The van der Waals surface area contributed by atoms with Gasteiger partial charge in [-0.3, -0.25) is 9.69 Å². The first kappa shape index (κ1) is 19.5. The SMILES string of the molecule is Cc1ccc(S(=O)(=O)N2CCN(C(C)C(=O)Nc3ccccc3)CC2)cc1. The van der Waals surface area contributed by atoms with Gasteiger partial charge in [-0.2, -0.15) is 4.31 Å². The molecule has 2 aromatic rings. The number of anilines is 1. The molecule has 1 fully saturated rings. The first-order valence-corrected chi connectivity index (χ1v) is 10.5. The van der Waals surface area contributed by atoms with Crippen molar-refractivity contribution in [2.45, 2.75) is 24.8 Å². The molecule has 3 rings (SSSR count). The average molecular weight is 388 g/mol. The van der Waals surface area contributed by atoms with Gasteiger partial charge in [0, 0.05) is 31.9 Å². The van der Waals surface area contributed by atoms with Gasteiger partial charge >= 0.3 is 0 Å². The van der Waals surface area contributed by atoms with Gasteiger partial charge in [0.05, 0.1) is 10.9 Å². The Bertz CT molecular complexity index is 874. The number of amides is 1. The van der Waals surface area contributed by atoms with Gasteiger partial charge in [0.2, 0.25) is 15.9 Å². The van der Waals surface area contributed by atoms with E-state index in [9.17, 15) is 13.2 Å². The number of nitrogens with one attached hydrogen (secondary N) is 1. The van der Waals surface area contributed by atoms with Crippen LogP contribution >= 0.6 is 0 Å². The Balaban J connectivity index is 1.59. The van der Waals surface area contributed by atoms with Gasteiger partial charge in [0.15, 0.2) is 0 Å². The van der Waals surface area contributed by atoms with Gasteiger partial charge in [-0.25, -0.2) is 8.42 Å². The lowest BCUT2D eigenvalue weighted by Crippen LogP contribution is -2.53. The highest BCUT2D eigenvalue weighted by molar-refractivity contribution is 7.89. The van der Waals surface area contributed by atoms with Crippen LogP contribution in [0.1, 0.15) is 12.5 Å². The summed E-state index contributed by atoms with van der Waals surface area (Å²) < 4.78 is 27.1. The van der Waals surface area contributed by atoms with E-state index in [1.54, 1.807) is 24.3 Å². The third-order valence-electron chi connectivity index (χ3n) is 4.90. The fourth-order valence-corrected chi connectivity index (χ4v) is 4.55. The zero-order valence-electron chi connectivity index (χ0n) is 15.6. The molecule has 0 aromatic heterocycles. The van der Waals surface area contributed by atoms with Crippen molar-refractivity contribution >= 4 is 21.6 Å². The number of para-hydroxylation sites is 1. The van der Waals surface area contributed by atoms with Crippen molar-refractivity contribution in [1.29, 1.82) is 0 Å². The molecule has 0 bridgehead atoms. The smallest absolute Gasteiger partial charge is 0.243 e. The summed E-state index contributed by atoms with van der Waals surface area (Å²) in [5.74, 6) is -0.0870. The van der Waals surface area contributed by atoms with E-state index in [-0.39, 0.29) is 11.9 Å². The van der Waals surface area contributed by atoms with Crippen molar-refractivity contribution in [2.75, 3.05) is 31.5 Å².